The Hall–Kier alpha value is 0.870. The molecule has 0 heterocycles. The average molecular weight is 389 g/mol. The van der Waals surface area contributed by atoms with Crippen LogP contribution in [0.3, 0.4) is 0 Å². The zero-order valence-corrected chi connectivity index (χ0v) is 19.7. The molecular weight excluding hydrogens is 347 g/mol. The molecule has 0 amide bonds. The minimum Gasteiger partial charge on any atom is -0.343 e. The Balaban J connectivity index is -0.000000704. The first kappa shape index (κ1) is 30.6. The molecule has 25 heavy (non-hydrogen) atoms. The summed E-state index contributed by atoms with van der Waals surface area (Å²) < 4.78 is 31.6. The largest absolute Gasteiger partial charge is 1.00 e. The van der Waals surface area contributed by atoms with E-state index < -0.39 is 10.4 Å². The van der Waals surface area contributed by atoms with E-state index >= 15 is 0 Å². The van der Waals surface area contributed by atoms with Gasteiger partial charge in [-0.15, -0.1) is 0 Å². The zero-order chi connectivity index (χ0) is 18.5. The molecule has 0 fully saturated rings. The number of hydrogen-bond acceptors (Lipinski definition) is 2. The van der Waals surface area contributed by atoms with Crippen LogP contribution in [0.4, 0.5) is 0 Å². The molecule has 0 atom stereocenters. The molecule has 0 saturated heterocycles. The zero-order valence-electron chi connectivity index (χ0n) is 16.8. The van der Waals surface area contributed by atoms with E-state index in [0.717, 1.165) is 6.42 Å². The third kappa shape index (κ3) is 45.7. The predicted octanol–water partition coefficient (Wildman–Crippen LogP) is 3.82. The van der Waals surface area contributed by atoms with Gasteiger partial charge in [0.15, 0.2) is 0 Å². The number of hydrogen-bond donors (Lipinski definition) is 2. The molecule has 0 unspecified atom stereocenters. The van der Waals surface area contributed by atoms with Crippen LogP contribution in [0.1, 0.15) is 116 Å². The smallest absolute Gasteiger partial charge is 0.343 e. The molecule has 6 heteroatoms. The van der Waals surface area contributed by atoms with Crippen LogP contribution in [0.25, 0.3) is 0 Å². The second kappa shape index (κ2) is 24.9. The van der Waals surface area contributed by atoms with Gasteiger partial charge in [0.2, 0.25) is 0 Å². The van der Waals surface area contributed by atoms with Gasteiger partial charge in [-0.2, -0.15) is 14.8 Å². The molecule has 0 aliphatic carbocycles. The molecule has 0 aromatic rings. The third-order valence-electron chi connectivity index (χ3n) is 4.10. The van der Waals surface area contributed by atoms with E-state index in [1.165, 1.54) is 103 Å². The van der Waals surface area contributed by atoms with Gasteiger partial charge in [0.25, 0.3) is 0 Å². The molecule has 0 aromatic heterocycles. The molecule has 148 valence electrons. The van der Waals surface area contributed by atoms with Crippen LogP contribution in [0.5, 0.6) is 0 Å². The van der Waals surface area contributed by atoms with E-state index in [-0.39, 0.29) is 29.6 Å². The molecule has 0 saturated carbocycles. The van der Waals surface area contributed by atoms with Crippen LogP contribution in [0, 0.1) is 6.92 Å². The fraction of sp³-hybridized carbons (Fsp3) is 0.947. The fourth-order valence-electron chi connectivity index (χ4n) is 2.72. The van der Waals surface area contributed by atoms with E-state index in [1.54, 1.807) is 0 Å². The first-order valence-corrected chi connectivity index (χ1v) is 11.3. The van der Waals surface area contributed by atoms with Crippen molar-refractivity contribution in [3.63, 3.8) is 0 Å². The molecule has 4 nitrogen and oxygen atoms in total. The Kier molecular flexibility index (Phi) is 30.4. The van der Waals surface area contributed by atoms with Gasteiger partial charge >= 0.3 is 40.0 Å². The van der Waals surface area contributed by atoms with Crippen molar-refractivity contribution >= 4 is 10.4 Å². The molecule has 0 aliphatic rings. The summed E-state index contributed by atoms with van der Waals surface area (Å²) in [5.41, 5.74) is 0. The molecule has 0 radical (unpaired) electrons. The quantitative estimate of drug-likeness (QED) is 0.182. The number of rotatable bonds is 16. The fourth-order valence-corrected chi connectivity index (χ4v) is 2.72. The van der Waals surface area contributed by atoms with Crippen molar-refractivity contribution in [2.24, 2.45) is 0 Å². The maximum absolute atomic E-state index is 8.74. The van der Waals surface area contributed by atoms with Crippen LogP contribution < -0.4 is 29.6 Å². The van der Waals surface area contributed by atoms with Crippen LogP contribution >= 0.6 is 0 Å². The van der Waals surface area contributed by atoms with Gasteiger partial charge in [-0.1, -0.05) is 110 Å². The summed E-state index contributed by atoms with van der Waals surface area (Å²) in [6, 6.07) is 0. The van der Waals surface area contributed by atoms with Crippen molar-refractivity contribution in [2.45, 2.75) is 116 Å². The molecule has 0 aliphatic heterocycles. The Morgan fingerprint density at radius 1 is 0.600 bits per heavy atom. The van der Waals surface area contributed by atoms with E-state index in [1.807, 2.05) is 0 Å². The Morgan fingerprint density at radius 3 is 1.00 bits per heavy atom. The van der Waals surface area contributed by atoms with Crippen molar-refractivity contribution in [3.8, 4) is 0 Å². The third-order valence-corrected chi connectivity index (χ3v) is 4.10. The van der Waals surface area contributed by atoms with Gasteiger partial charge < -0.3 is 6.92 Å². The monoisotopic (exact) mass is 388 g/mol. The second-order valence-corrected chi connectivity index (χ2v) is 7.50. The maximum atomic E-state index is 8.74. The van der Waals surface area contributed by atoms with Crippen molar-refractivity contribution in [3.05, 3.63) is 6.92 Å². The average Bonchev–Trinajstić information content (AvgIpc) is 2.49. The van der Waals surface area contributed by atoms with E-state index in [2.05, 4.69) is 13.8 Å². The van der Waals surface area contributed by atoms with Crippen LogP contribution in [-0.4, -0.2) is 17.5 Å². The van der Waals surface area contributed by atoms with Gasteiger partial charge in [-0.25, -0.2) is 0 Å². The number of unbranched alkanes of at least 4 members (excludes halogenated alkanes) is 16. The minimum absolute atomic E-state index is 0. The standard InChI is InChI=1S/C19H39.Na.H2O4S/c1-3-5-7-9-11-13-15-17-19-18-16-14-12-10-8-6-4-2;;1-5(2,3)4/h1,3-19H2,2H3;;(H2,1,2,3,4)/q-1;+1;. The van der Waals surface area contributed by atoms with Gasteiger partial charge in [-0.05, 0) is 0 Å². The Labute approximate surface area is 179 Å². The SMILES string of the molecule is O=S(=O)(O)O.[CH2-]CCCCCCCCCCCCCCCCCC.[Na+]. The van der Waals surface area contributed by atoms with Crippen LogP contribution in [0.15, 0.2) is 0 Å². The first-order valence-electron chi connectivity index (χ1n) is 9.91. The van der Waals surface area contributed by atoms with Crippen molar-refractivity contribution < 1.29 is 47.1 Å². The summed E-state index contributed by atoms with van der Waals surface area (Å²) in [4.78, 5) is 0. The summed E-state index contributed by atoms with van der Waals surface area (Å²) >= 11 is 0. The summed E-state index contributed by atoms with van der Waals surface area (Å²) in [7, 11) is -4.67. The normalized spacial score (nSPS) is 10.7. The van der Waals surface area contributed by atoms with E-state index in [4.69, 9.17) is 17.5 Å². The molecular formula is C19H41NaO4S. The van der Waals surface area contributed by atoms with Gasteiger partial charge in [0.05, 0.1) is 0 Å². The summed E-state index contributed by atoms with van der Waals surface area (Å²) in [5, 5.41) is 0. The summed E-state index contributed by atoms with van der Waals surface area (Å²) in [6.07, 6.45) is 24.3. The predicted molar refractivity (Wildman–Crippen MR) is 104 cm³/mol. The molecule has 2 N–H and O–H groups in total. The summed E-state index contributed by atoms with van der Waals surface area (Å²) in [6.45, 7) is 6.18. The first-order chi connectivity index (χ1) is 11.4. The molecule has 0 rings (SSSR count). The second-order valence-electron chi connectivity index (χ2n) is 6.60. The minimum atomic E-state index is -4.67. The Bertz CT molecular complexity index is 297. The van der Waals surface area contributed by atoms with Gasteiger partial charge in [-0.3, -0.25) is 9.11 Å². The van der Waals surface area contributed by atoms with Crippen molar-refractivity contribution in [2.75, 3.05) is 0 Å². The molecule has 0 spiro atoms. The van der Waals surface area contributed by atoms with Gasteiger partial charge in [0, 0.05) is 0 Å². The van der Waals surface area contributed by atoms with Crippen LogP contribution in [0.2, 0.25) is 0 Å². The van der Waals surface area contributed by atoms with Crippen molar-refractivity contribution in [1.82, 2.24) is 0 Å². The Morgan fingerprint density at radius 2 is 0.800 bits per heavy atom. The van der Waals surface area contributed by atoms with E-state index in [0.29, 0.717) is 0 Å². The van der Waals surface area contributed by atoms with Crippen LogP contribution in [-0.2, 0) is 10.4 Å². The molecule has 0 bridgehead atoms. The topological polar surface area (TPSA) is 74.6 Å². The van der Waals surface area contributed by atoms with Crippen molar-refractivity contribution in [1.29, 1.82) is 0 Å². The maximum Gasteiger partial charge on any atom is 1.00 e. The van der Waals surface area contributed by atoms with E-state index in [9.17, 15) is 0 Å². The van der Waals surface area contributed by atoms with Gasteiger partial charge in [0.1, 0.15) is 0 Å². The molecule has 0 aromatic carbocycles. The summed E-state index contributed by atoms with van der Waals surface area (Å²) in [5.74, 6) is 0.